The van der Waals surface area contributed by atoms with Crippen LogP contribution in [0.15, 0.2) is 65.3 Å². The molecule has 29 heavy (non-hydrogen) atoms. The predicted molar refractivity (Wildman–Crippen MR) is 123 cm³/mol. The Morgan fingerprint density at radius 1 is 1.14 bits per heavy atom. The van der Waals surface area contributed by atoms with Gasteiger partial charge in [0.25, 0.3) is 0 Å². The zero-order chi connectivity index (χ0) is 20.7. The van der Waals surface area contributed by atoms with Gasteiger partial charge in [-0.05, 0) is 63.0 Å². The lowest BCUT2D eigenvalue weighted by Crippen LogP contribution is -2.25. The molecule has 1 atom stereocenters. The molecule has 1 unspecified atom stereocenters. The van der Waals surface area contributed by atoms with Crippen LogP contribution in [-0.4, -0.2) is 12.9 Å². The lowest BCUT2D eigenvalue weighted by molar-refractivity contribution is -0.106. The van der Waals surface area contributed by atoms with Crippen molar-refractivity contribution in [2.24, 2.45) is 5.41 Å². The Balaban J connectivity index is 1.66. The Kier molecular flexibility index (Phi) is 7.55. The van der Waals surface area contributed by atoms with Gasteiger partial charge in [0.05, 0.1) is 6.61 Å². The van der Waals surface area contributed by atoms with Crippen LogP contribution in [0, 0.1) is 5.41 Å². The van der Waals surface area contributed by atoms with E-state index in [4.69, 9.17) is 9.47 Å². The van der Waals surface area contributed by atoms with Gasteiger partial charge in [-0.25, -0.2) is 0 Å². The van der Waals surface area contributed by atoms with Crippen LogP contribution in [-0.2, 0) is 4.74 Å². The van der Waals surface area contributed by atoms with Gasteiger partial charge in [0, 0.05) is 12.0 Å². The first kappa shape index (κ1) is 21.6. The summed E-state index contributed by atoms with van der Waals surface area (Å²) in [6.07, 6.45) is 17.9. The molecule has 2 heteroatoms. The van der Waals surface area contributed by atoms with Crippen molar-refractivity contribution in [2.75, 3.05) is 6.61 Å². The molecule has 1 fully saturated rings. The minimum absolute atomic E-state index is 0.117. The second-order valence-corrected chi connectivity index (χ2v) is 8.99. The van der Waals surface area contributed by atoms with Gasteiger partial charge >= 0.3 is 0 Å². The van der Waals surface area contributed by atoms with Gasteiger partial charge in [-0.1, -0.05) is 73.6 Å². The molecule has 2 aliphatic rings. The second kappa shape index (κ2) is 10.1. The van der Waals surface area contributed by atoms with E-state index in [0.29, 0.717) is 0 Å². The van der Waals surface area contributed by atoms with Gasteiger partial charge in [0.2, 0.25) is 0 Å². The fourth-order valence-corrected chi connectivity index (χ4v) is 4.26. The third-order valence-corrected chi connectivity index (χ3v) is 6.01. The van der Waals surface area contributed by atoms with E-state index in [0.717, 1.165) is 30.8 Å². The Hall–Kier alpha value is -2.06. The fraction of sp³-hybridized carbons (Fsp3) is 0.481. The third-order valence-electron chi connectivity index (χ3n) is 6.01. The number of ether oxygens (including phenoxy) is 2. The lowest BCUT2D eigenvalue weighted by Gasteiger charge is -2.32. The molecule has 3 rings (SSSR count). The van der Waals surface area contributed by atoms with E-state index in [9.17, 15) is 0 Å². The molecule has 1 aliphatic carbocycles. The van der Waals surface area contributed by atoms with Gasteiger partial charge in [0.15, 0.2) is 6.29 Å². The van der Waals surface area contributed by atoms with Gasteiger partial charge in [-0.15, -0.1) is 0 Å². The fourth-order valence-electron chi connectivity index (χ4n) is 4.26. The Labute approximate surface area is 177 Å². The predicted octanol–water partition coefficient (Wildman–Crippen LogP) is 7.63. The zero-order valence-corrected chi connectivity index (χ0v) is 18.5. The number of hydrogen-bond donors (Lipinski definition) is 0. The van der Waals surface area contributed by atoms with Crippen LogP contribution in [0.1, 0.15) is 71.8 Å². The molecule has 1 saturated heterocycles. The highest BCUT2D eigenvalue weighted by Gasteiger charge is 2.26. The summed E-state index contributed by atoms with van der Waals surface area (Å²) in [7, 11) is 0. The normalized spacial score (nSPS) is 23.2. The smallest absolute Gasteiger partial charge is 0.199 e. The number of hydrogen-bond acceptors (Lipinski definition) is 2. The SMILES string of the molecule is CC1=C(C=C/C(C)=C\C=C\c2ccccc2OC2CCCCO2)C(C)(C)CCC1. The summed E-state index contributed by atoms with van der Waals surface area (Å²) in [5.41, 5.74) is 5.66. The Bertz CT molecular complexity index is 802. The van der Waals surface area contributed by atoms with Crippen molar-refractivity contribution >= 4 is 6.08 Å². The van der Waals surface area contributed by atoms with Crippen LogP contribution in [0.5, 0.6) is 5.75 Å². The van der Waals surface area contributed by atoms with Gasteiger partial charge in [-0.2, -0.15) is 0 Å². The highest BCUT2D eigenvalue weighted by atomic mass is 16.7. The highest BCUT2D eigenvalue weighted by molar-refractivity contribution is 5.58. The zero-order valence-electron chi connectivity index (χ0n) is 18.5. The molecular weight excluding hydrogens is 356 g/mol. The molecule has 0 N–H and O–H groups in total. The maximum absolute atomic E-state index is 6.09. The van der Waals surface area contributed by atoms with Crippen molar-refractivity contribution in [1.82, 2.24) is 0 Å². The van der Waals surface area contributed by atoms with E-state index < -0.39 is 0 Å². The number of allylic oxidation sites excluding steroid dienone is 7. The number of para-hydroxylation sites is 1. The molecule has 0 saturated carbocycles. The van der Waals surface area contributed by atoms with Gasteiger partial charge in [-0.3, -0.25) is 0 Å². The first-order valence-electron chi connectivity index (χ1n) is 11.1. The standard InChI is InChI=1S/C27H36O2/c1-21(17-18-24-22(2)12-10-19-27(24,3)4)11-9-14-23-13-5-6-15-25(23)29-26-16-7-8-20-28-26/h5-6,9,11,13-15,17-18,26H,7-8,10,12,16,19-20H2,1-4H3/b14-9+,18-17?,21-11-. The average Bonchev–Trinajstić information content (AvgIpc) is 2.69. The quantitative estimate of drug-likeness (QED) is 0.463. The first-order valence-corrected chi connectivity index (χ1v) is 11.1. The number of rotatable bonds is 6. The molecule has 1 aliphatic heterocycles. The highest BCUT2D eigenvalue weighted by Crippen LogP contribution is 2.40. The first-order chi connectivity index (χ1) is 14.0. The molecular formula is C27H36O2. The molecule has 156 valence electrons. The van der Waals surface area contributed by atoms with Crippen LogP contribution < -0.4 is 4.74 Å². The molecule has 0 radical (unpaired) electrons. The summed E-state index contributed by atoms with van der Waals surface area (Å²) < 4.78 is 11.8. The minimum atomic E-state index is -0.117. The van der Waals surface area contributed by atoms with Crippen molar-refractivity contribution in [3.05, 3.63) is 70.9 Å². The van der Waals surface area contributed by atoms with E-state index in [2.05, 4.69) is 64.1 Å². The van der Waals surface area contributed by atoms with Crippen molar-refractivity contribution < 1.29 is 9.47 Å². The summed E-state index contributed by atoms with van der Waals surface area (Å²) >= 11 is 0. The maximum atomic E-state index is 6.09. The molecule has 1 aromatic carbocycles. The van der Waals surface area contributed by atoms with Crippen LogP contribution in [0.25, 0.3) is 6.08 Å². The molecule has 0 aromatic heterocycles. The molecule has 1 heterocycles. The molecule has 2 nitrogen and oxygen atoms in total. The van der Waals surface area contributed by atoms with Crippen molar-refractivity contribution in [3.8, 4) is 5.75 Å². The van der Waals surface area contributed by atoms with Crippen LogP contribution in [0.3, 0.4) is 0 Å². The summed E-state index contributed by atoms with van der Waals surface area (Å²) in [5.74, 6) is 0.891. The number of benzene rings is 1. The van der Waals surface area contributed by atoms with Crippen LogP contribution >= 0.6 is 0 Å². The molecule has 0 bridgehead atoms. The van der Waals surface area contributed by atoms with E-state index in [-0.39, 0.29) is 11.7 Å². The summed E-state index contributed by atoms with van der Waals surface area (Å²) in [5, 5.41) is 0. The van der Waals surface area contributed by atoms with E-state index in [1.54, 1.807) is 0 Å². The van der Waals surface area contributed by atoms with Crippen molar-refractivity contribution in [1.29, 1.82) is 0 Å². The topological polar surface area (TPSA) is 18.5 Å². The third kappa shape index (κ3) is 6.21. The lowest BCUT2D eigenvalue weighted by atomic mass is 9.72. The summed E-state index contributed by atoms with van der Waals surface area (Å²) in [6.45, 7) is 9.96. The van der Waals surface area contributed by atoms with Crippen LogP contribution in [0.2, 0.25) is 0 Å². The minimum Gasteiger partial charge on any atom is -0.464 e. The Morgan fingerprint density at radius 3 is 2.72 bits per heavy atom. The Morgan fingerprint density at radius 2 is 1.97 bits per heavy atom. The van der Waals surface area contributed by atoms with E-state index >= 15 is 0 Å². The maximum Gasteiger partial charge on any atom is 0.199 e. The molecule has 0 spiro atoms. The second-order valence-electron chi connectivity index (χ2n) is 8.99. The van der Waals surface area contributed by atoms with Crippen molar-refractivity contribution in [3.63, 3.8) is 0 Å². The monoisotopic (exact) mass is 392 g/mol. The summed E-state index contributed by atoms with van der Waals surface area (Å²) in [6, 6.07) is 8.17. The van der Waals surface area contributed by atoms with E-state index in [1.165, 1.54) is 42.4 Å². The largest absolute Gasteiger partial charge is 0.464 e. The van der Waals surface area contributed by atoms with Crippen LogP contribution in [0.4, 0.5) is 0 Å². The molecule has 1 aromatic rings. The van der Waals surface area contributed by atoms with Gasteiger partial charge < -0.3 is 9.47 Å². The van der Waals surface area contributed by atoms with Gasteiger partial charge in [0.1, 0.15) is 5.75 Å². The van der Waals surface area contributed by atoms with Crippen molar-refractivity contribution in [2.45, 2.75) is 72.5 Å². The average molecular weight is 393 g/mol. The molecule has 0 amide bonds. The van der Waals surface area contributed by atoms with E-state index in [1.807, 2.05) is 18.2 Å². The summed E-state index contributed by atoms with van der Waals surface area (Å²) in [4.78, 5) is 0.